The number of nitrogens with zero attached hydrogens (tertiary/aromatic N) is 1. The highest BCUT2D eigenvalue weighted by Crippen LogP contribution is 2.10. The summed E-state index contributed by atoms with van der Waals surface area (Å²) in [6.45, 7) is 8.30. The molecule has 0 aliphatic heterocycles. The van der Waals surface area contributed by atoms with E-state index in [1.54, 1.807) is 11.8 Å². The van der Waals surface area contributed by atoms with Crippen LogP contribution >= 0.6 is 11.8 Å². The lowest BCUT2D eigenvalue weighted by molar-refractivity contribution is -0.128. The largest absolute Gasteiger partial charge is 0.396 e. The molecule has 0 aliphatic rings. The molecule has 0 saturated heterocycles. The molecule has 1 amide bonds. The van der Waals surface area contributed by atoms with E-state index in [0.29, 0.717) is 5.75 Å². The molecule has 0 heterocycles. The van der Waals surface area contributed by atoms with Gasteiger partial charge in [0.2, 0.25) is 5.91 Å². The topological polar surface area (TPSA) is 40.5 Å². The van der Waals surface area contributed by atoms with Gasteiger partial charge in [-0.1, -0.05) is 33.6 Å². The van der Waals surface area contributed by atoms with Crippen LogP contribution in [0.4, 0.5) is 0 Å². The van der Waals surface area contributed by atoms with Crippen LogP contribution in [0, 0.1) is 5.92 Å². The third-order valence-corrected chi connectivity index (χ3v) is 4.11. The van der Waals surface area contributed by atoms with Gasteiger partial charge in [0.25, 0.3) is 0 Å². The Bertz CT molecular complexity index is 204. The van der Waals surface area contributed by atoms with Crippen LogP contribution in [0.2, 0.25) is 0 Å². The van der Waals surface area contributed by atoms with Crippen molar-refractivity contribution < 1.29 is 9.90 Å². The van der Waals surface area contributed by atoms with Crippen LogP contribution in [0.15, 0.2) is 0 Å². The molecule has 0 fully saturated rings. The Kier molecular flexibility index (Phi) is 11.7. The van der Waals surface area contributed by atoms with Gasteiger partial charge in [-0.2, -0.15) is 11.8 Å². The molecule has 1 atom stereocenters. The summed E-state index contributed by atoms with van der Waals surface area (Å²) in [7, 11) is 0. The highest BCUT2D eigenvalue weighted by molar-refractivity contribution is 7.99. The number of aliphatic hydroxyl groups excluding tert-OH is 1. The molecular weight excluding hydrogens is 246 g/mol. The SMILES string of the molecule is CCCCN(CCCC)C(=O)CSCC(C)CO. The van der Waals surface area contributed by atoms with Gasteiger partial charge in [-0.15, -0.1) is 0 Å². The molecule has 0 aromatic rings. The van der Waals surface area contributed by atoms with E-state index in [9.17, 15) is 4.79 Å². The standard InChI is InChI=1S/C14H29NO2S/c1-4-6-8-15(9-7-5-2)14(17)12-18-11-13(3)10-16/h13,16H,4-12H2,1-3H3. The van der Waals surface area contributed by atoms with E-state index in [1.165, 1.54) is 0 Å². The van der Waals surface area contributed by atoms with Crippen molar-refractivity contribution in [3.63, 3.8) is 0 Å². The van der Waals surface area contributed by atoms with Gasteiger partial charge >= 0.3 is 0 Å². The molecule has 3 nitrogen and oxygen atoms in total. The van der Waals surface area contributed by atoms with E-state index >= 15 is 0 Å². The number of thioether (sulfide) groups is 1. The van der Waals surface area contributed by atoms with E-state index in [2.05, 4.69) is 13.8 Å². The summed E-state index contributed by atoms with van der Waals surface area (Å²) in [4.78, 5) is 14.1. The first kappa shape index (κ1) is 17.8. The van der Waals surface area contributed by atoms with Crippen LogP contribution in [-0.4, -0.2) is 47.1 Å². The Labute approximate surface area is 116 Å². The molecule has 0 aliphatic carbocycles. The molecule has 4 heteroatoms. The number of unbranched alkanes of at least 4 members (excludes halogenated alkanes) is 2. The van der Waals surface area contributed by atoms with Gasteiger partial charge in [-0.25, -0.2) is 0 Å². The van der Waals surface area contributed by atoms with Gasteiger partial charge in [0.1, 0.15) is 0 Å². The lowest BCUT2D eigenvalue weighted by Crippen LogP contribution is -2.34. The lowest BCUT2D eigenvalue weighted by atomic mass is 10.2. The summed E-state index contributed by atoms with van der Waals surface area (Å²) in [5.74, 6) is 1.95. The molecule has 1 N–H and O–H groups in total. The predicted molar refractivity (Wildman–Crippen MR) is 80.0 cm³/mol. The lowest BCUT2D eigenvalue weighted by Gasteiger charge is -2.22. The van der Waals surface area contributed by atoms with Crippen molar-refractivity contribution in [1.82, 2.24) is 4.90 Å². The van der Waals surface area contributed by atoms with Gasteiger partial charge in [-0.3, -0.25) is 4.79 Å². The number of rotatable bonds is 11. The molecular formula is C14H29NO2S. The first-order valence-corrected chi connectivity index (χ1v) is 8.27. The van der Waals surface area contributed by atoms with Gasteiger partial charge in [0.05, 0.1) is 5.75 Å². The van der Waals surface area contributed by atoms with Crippen molar-refractivity contribution in [1.29, 1.82) is 0 Å². The number of hydrogen-bond acceptors (Lipinski definition) is 3. The highest BCUT2D eigenvalue weighted by atomic mass is 32.2. The first-order chi connectivity index (χ1) is 8.65. The van der Waals surface area contributed by atoms with E-state index < -0.39 is 0 Å². The molecule has 0 spiro atoms. The van der Waals surface area contributed by atoms with Crippen LogP contribution in [0.5, 0.6) is 0 Å². The Hall–Kier alpha value is -0.220. The zero-order chi connectivity index (χ0) is 13.8. The van der Waals surface area contributed by atoms with Gasteiger partial charge in [-0.05, 0) is 24.5 Å². The quantitative estimate of drug-likeness (QED) is 0.630. The summed E-state index contributed by atoms with van der Waals surface area (Å²) >= 11 is 1.64. The summed E-state index contributed by atoms with van der Waals surface area (Å²) in [5, 5.41) is 8.93. The Morgan fingerprint density at radius 2 is 1.78 bits per heavy atom. The smallest absolute Gasteiger partial charge is 0.232 e. The van der Waals surface area contributed by atoms with Crippen molar-refractivity contribution in [3.05, 3.63) is 0 Å². The van der Waals surface area contributed by atoms with Crippen molar-refractivity contribution in [2.45, 2.75) is 46.5 Å². The Morgan fingerprint density at radius 1 is 1.22 bits per heavy atom. The fourth-order valence-corrected chi connectivity index (χ4v) is 2.53. The third-order valence-electron chi connectivity index (χ3n) is 2.86. The molecule has 108 valence electrons. The first-order valence-electron chi connectivity index (χ1n) is 7.12. The number of amides is 1. The zero-order valence-corrected chi connectivity index (χ0v) is 13.0. The molecule has 0 aromatic carbocycles. The number of carbonyl (C=O) groups excluding carboxylic acids is 1. The summed E-state index contributed by atoms with van der Waals surface area (Å²) in [6, 6.07) is 0. The summed E-state index contributed by atoms with van der Waals surface area (Å²) in [6.07, 6.45) is 4.44. The average Bonchev–Trinajstić information content (AvgIpc) is 2.38. The maximum absolute atomic E-state index is 12.1. The van der Waals surface area contributed by atoms with E-state index in [4.69, 9.17) is 5.11 Å². The minimum Gasteiger partial charge on any atom is -0.396 e. The number of aliphatic hydroxyl groups is 1. The van der Waals surface area contributed by atoms with Gasteiger partial charge in [0, 0.05) is 19.7 Å². The molecule has 0 rings (SSSR count). The van der Waals surface area contributed by atoms with E-state index in [1.807, 2.05) is 11.8 Å². The average molecular weight is 275 g/mol. The van der Waals surface area contributed by atoms with E-state index in [0.717, 1.165) is 44.5 Å². The predicted octanol–water partition coefficient (Wildman–Crippen LogP) is 2.78. The van der Waals surface area contributed by atoms with Gasteiger partial charge < -0.3 is 10.0 Å². The van der Waals surface area contributed by atoms with Crippen LogP contribution < -0.4 is 0 Å². The second-order valence-electron chi connectivity index (χ2n) is 4.89. The van der Waals surface area contributed by atoms with Crippen molar-refractivity contribution in [2.24, 2.45) is 5.92 Å². The fraction of sp³-hybridized carbons (Fsp3) is 0.929. The fourth-order valence-electron chi connectivity index (χ4n) is 1.55. The zero-order valence-electron chi connectivity index (χ0n) is 12.2. The minimum absolute atomic E-state index is 0.205. The maximum atomic E-state index is 12.1. The number of carbonyl (C=O) groups is 1. The Balaban J connectivity index is 3.95. The van der Waals surface area contributed by atoms with Crippen LogP contribution in [0.1, 0.15) is 46.5 Å². The molecule has 18 heavy (non-hydrogen) atoms. The molecule has 1 unspecified atom stereocenters. The molecule has 0 aromatic heterocycles. The van der Waals surface area contributed by atoms with Crippen molar-refractivity contribution >= 4 is 17.7 Å². The van der Waals surface area contributed by atoms with E-state index in [-0.39, 0.29) is 18.4 Å². The Morgan fingerprint density at radius 3 is 2.22 bits per heavy atom. The second-order valence-corrected chi connectivity index (χ2v) is 5.92. The monoisotopic (exact) mass is 275 g/mol. The number of hydrogen-bond donors (Lipinski definition) is 1. The summed E-state index contributed by atoms with van der Waals surface area (Å²) in [5.41, 5.74) is 0. The normalized spacial score (nSPS) is 12.4. The minimum atomic E-state index is 0.205. The highest BCUT2D eigenvalue weighted by Gasteiger charge is 2.12. The maximum Gasteiger partial charge on any atom is 0.232 e. The second kappa shape index (κ2) is 11.8. The van der Waals surface area contributed by atoms with Crippen LogP contribution in [0.25, 0.3) is 0 Å². The van der Waals surface area contributed by atoms with Gasteiger partial charge in [0.15, 0.2) is 0 Å². The van der Waals surface area contributed by atoms with Crippen LogP contribution in [-0.2, 0) is 4.79 Å². The van der Waals surface area contributed by atoms with Crippen LogP contribution in [0.3, 0.4) is 0 Å². The summed E-state index contributed by atoms with van der Waals surface area (Å²) < 4.78 is 0. The molecule has 0 radical (unpaired) electrons. The molecule has 0 saturated carbocycles. The van der Waals surface area contributed by atoms with Crippen molar-refractivity contribution in [2.75, 3.05) is 31.2 Å². The third kappa shape index (κ3) is 8.81. The molecule has 0 bridgehead atoms. The van der Waals surface area contributed by atoms with Crippen molar-refractivity contribution in [3.8, 4) is 0 Å².